The molecule has 1 aromatic carbocycles. The Bertz CT molecular complexity index is 471. The third-order valence-electron chi connectivity index (χ3n) is 3.13. The first-order chi connectivity index (χ1) is 9.90. The maximum Gasteiger partial charge on any atom is 0.416 e. The van der Waals surface area contributed by atoms with E-state index in [1.54, 1.807) is 11.0 Å². The standard InChI is InChI=1S/C15H21Br2NO2S/c1-4-11-7-6-8-12(9-11)20-15(19)18(5-2)14(21)13(17)10(3)16/h6-10,13-14,21H,4-5H2,1-3H3. The van der Waals surface area contributed by atoms with Gasteiger partial charge in [-0.15, -0.1) is 0 Å². The van der Waals surface area contributed by atoms with E-state index in [9.17, 15) is 4.79 Å². The number of nitrogens with zero attached hydrogens (tertiary/aromatic N) is 1. The average Bonchev–Trinajstić information content (AvgIpc) is 2.47. The van der Waals surface area contributed by atoms with Crippen molar-refractivity contribution in [1.29, 1.82) is 0 Å². The van der Waals surface area contributed by atoms with Gasteiger partial charge in [-0.2, -0.15) is 12.6 Å². The molecule has 6 heteroatoms. The van der Waals surface area contributed by atoms with Crippen LogP contribution in [0.3, 0.4) is 0 Å². The third kappa shape index (κ3) is 5.49. The quantitative estimate of drug-likeness (QED) is 0.390. The zero-order valence-electron chi connectivity index (χ0n) is 12.4. The van der Waals surface area contributed by atoms with E-state index < -0.39 is 0 Å². The molecule has 0 aliphatic heterocycles. The molecule has 0 heterocycles. The zero-order valence-corrected chi connectivity index (χ0v) is 16.5. The zero-order chi connectivity index (χ0) is 16.0. The number of hydrogen-bond donors (Lipinski definition) is 1. The van der Waals surface area contributed by atoms with Crippen LogP contribution in [0.25, 0.3) is 0 Å². The van der Waals surface area contributed by atoms with Crippen LogP contribution in [0.5, 0.6) is 5.75 Å². The van der Waals surface area contributed by atoms with Gasteiger partial charge in [-0.1, -0.05) is 57.8 Å². The van der Waals surface area contributed by atoms with E-state index in [4.69, 9.17) is 4.74 Å². The number of halogens is 2. The van der Waals surface area contributed by atoms with Crippen molar-refractivity contribution in [1.82, 2.24) is 4.90 Å². The third-order valence-corrected chi connectivity index (χ3v) is 6.71. The van der Waals surface area contributed by atoms with Gasteiger partial charge in [0.25, 0.3) is 0 Å². The molecule has 21 heavy (non-hydrogen) atoms. The lowest BCUT2D eigenvalue weighted by Crippen LogP contribution is -2.45. The number of ether oxygens (including phenoxy) is 1. The van der Waals surface area contributed by atoms with Crippen molar-refractivity contribution in [2.24, 2.45) is 0 Å². The van der Waals surface area contributed by atoms with E-state index in [1.807, 2.05) is 32.0 Å². The van der Waals surface area contributed by atoms with Crippen molar-refractivity contribution in [3.05, 3.63) is 29.8 Å². The van der Waals surface area contributed by atoms with Gasteiger partial charge in [0.2, 0.25) is 0 Å². The summed E-state index contributed by atoms with van der Waals surface area (Å²) < 4.78 is 5.46. The first-order valence-corrected chi connectivity index (χ1v) is 9.29. The molecule has 0 aliphatic rings. The van der Waals surface area contributed by atoms with Crippen LogP contribution in [0.4, 0.5) is 4.79 Å². The lowest BCUT2D eigenvalue weighted by Gasteiger charge is -2.31. The minimum absolute atomic E-state index is 0.0234. The van der Waals surface area contributed by atoms with E-state index in [2.05, 4.69) is 51.4 Å². The second-order valence-corrected chi connectivity index (χ2v) is 7.72. The molecule has 0 aromatic heterocycles. The van der Waals surface area contributed by atoms with Crippen LogP contribution >= 0.6 is 44.5 Å². The fourth-order valence-electron chi connectivity index (χ4n) is 1.82. The van der Waals surface area contributed by atoms with Crippen LogP contribution in [-0.2, 0) is 6.42 Å². The topological polar surface area (TPSA) is 29.5 Å². The van der Waals surface area contributed by atoms with Crippen molar-refractivity contribution >= 4 is 50.6 Å². The predicted octanol–water partition coefficient (Wildman–Crippen LogP) is 4.87. The van der Waals surface area contributed by atoms with Gasteiger partial charge < -0.3 is 4.74 Å². The Hall–Kier alpha value is -0.200. The Morgan fingerprint density at radius 3 is 2.57 bits per heavy atom. The number of carbonyl (C=O) groups is 1. The maximum atomic E-state index is 12.3. The lowest BCUT2D eigenvalue weighted by molar-refractivity contribution is 0.150. The van der Waals surface area contributed by atoms with Gasteiger partial charge in [0.1, 0.15) is 5.75 Å². The van der Waals surface area contributed by atoms with Crippen LogP contribution in [0.15, 0.2) is 24.3 Å². The monoisotopic (exact) mass is 437 g/mol. The summed E-state index contributed by atoms with van der Waals surface area (Å²) >= 11 is 11.6. The number of amides is 1. The highest BCUT2D eigenvalue weighted by Crippen LogP contribution is 2.25. The van der Waals surface area contributed by atoms with Crippen LogP contribution in [-0.4, -0.2) is 32.6 Å². The molecule has 118 valence electrons. The number of alkyl halides is 2. The van der Waals surface area contributed by atoms with Crippen LogP contribution < -0.4 is 4.74 Å². The second kappa shape index (κ2) is 9.06. The molecule has 3 nitrogen and oxygen atoms in total. The van der Waals surface area contributed by atoms with Crippen LogP contribution in [0.1, 0.15) is 26.3 Å². The SMILES string of the molecule is CCc1cccc(OC(=O)N(CC)C(S)C(Br)C(C)Br)c1. The maximum absolute atomic E-state index is 12.3. The summed E-state index contributed by atoms with van der Waals surface area (Å²) in [7, 11) is 0. The summed E-state index contributed by atoms with van der Waals surface area (Å²) in [4.78, 5) is 14.1. The van der Waals surface area contributed by atoms with Crippen LogP contribution in [0, 0.1) is 0 Å². The van der Waals surface area contributed by atoms with Crippen molar-refractivity contribution in [3.63, 3.8) is 0 Å². The number of carbonyl (C=O) groups excluding carboxylic acids is 1. The van der Waals surface area contributed by atoms with Crippen molar-refractivity contribution < 1.29 is 9.53 Å². The number of hydrogen-bond acceptors (Lipinski definition) is 3. The molecule has 0 fully saturated rings. The fourth-order valence-corrected chi connectivity index (χ4v) is 3.15. The van der Waals surface area contributed by atoms with Gasteiger partial charge in [0.15, 0.2) is 0 Å². The summed E-state index contributed by atoms with van der Waals surface area (Å²) in [5.41, 5.74) is 1.14. The molecule has 0 spiro atoms. The predicted molar refractivity (Wildman–Crippen MR) is 98.1 cm³/mol. The molecule has 0 radical (unpaired) electrons. The van der Waals surface area contributed by atoms with Gasteiger partial charge in [-0.05, 0) is 31.0 Å². The van der Waals surface area contributed by atoms with Crippen molar-refractivity contribution in [3.8, 4) is 5.75 Å². The molecule has 0 saturated heterocycles. The normalized spacial score (nSPS) is 15.1. The Kier molecular flexibility index (Phi) is 8.13. The number of thiol groups is 1. The van der Waals surface area contributed by atoms with Gasteiger partial charge >= 0.3 is 6.09 Å². The Labute approximate surface area is 149 Å². The van der Waals surface area contributed by atoms with Crippen molar-refractivity contribution in [2.75, 3.05) is 6.54 Å². The minimum atomic E-state index is -0.386. The summed E-state index contributed by atoms with van der Waals surface area (Å²) in [6.45, 7) is 6.51. The van der Waals surface area contributed by atoms with E-state index in [1.165, 1.54) is 0 Å². The summed E-state index contributed by atoms with van der Waals surface area (Å²) in [5, 5.41) is -0.272. The second-order valence-electron chi connectivity index (χ2n) is 4.69. The summed E-state index contributed by atoms with van der Waals surface area (Å²) in [6, 6.07) is 7.58. The van der Waals surface area contributed by atoms with Gasteiger partial charge in [0, 0.05) is 11.4 Å². The Balaban J connectivity index is 2.79. The Morgan fingerprint density at radius 1 is 1.38 bits per heavy atom. The smallest absolute Gasteiger partial charge is 0.410 e. The molecular weight excluding hydrogens is 418 g/mol. The fraction of sp³-hybridized carbons (Fsp3) is 0.533. The lowest BCUT2D eigenvalue weighted by atomic mass is 10.2. The summed E-state index contributed by atoms with van der Waals surface area (Å²) in [5.74, 6) is 0.566. The van der Waals surface area contributed by atoms with Gasteiger partial charge in [-0.3, -0.25) is 4.90 Å². The highest BCUT2D eigenvalue weighted by atomic mass is 79.9. The molecule has 0 saturated carbocycles. The molecule has 3 atom stereocenters. The van der Waals surface area contributed by atoms with E-state index in [-0.39, 0.29) is 21.1 Å². The molecule has 1 amide bonds. The van der Waals surface area contributed by atoms with Gasteiger partial charge in [-0.25, -0.2) is 4.79 Å². The van der Waals surface area contributed by atoms with Crippen LogP contribution in [0.2, 0.25) is 0 Å². The molecule has 1 rings (SSSR count). The number of benzene rings is 1. The first kappa shape index (κ1) is 18.8. The van der Waals surface area contributed by atoms with E-state index in [0.29, 0.717) is 12.3 Å². The summed E-state index contributed by atoms with van der Waals surface area (Å²) in [6.07, 6.45) is 0.520. The van der Waals surface area contributed by atoms with Crippen molar-refractivity contribution in [2.45, 2.75) is 42.2 Å². The molecule has 0 aliphatic carbocycles. The molecule has 0 N–H and O–H groups in total. The van der Waals surface area contributed by atoms with Gasteiger partial charge in [0.05, 0.1) is 10.2 Å². The average molecular weight is 439 g/mol. The minimum Gasteiger partial charge on any atom is -0.410 e. The highest BCUT2D eigenvalue weighted by Gasteiger charge is 2.29. The first-order valence-electron chi connectivity index (χ1n) is 6.94. The van der Waals surface area contributed by atoms with E-state index in [0.717, 1.165) is 12.0 Å². The molecule has 0 bridgehead atoms. The molecular formula is C15H21Br2NO2S. The number of aryl methyl sites for hydroxylation is 1. The Morgan fingerprint density at radius 2 is 2.05 bits per heavy atom. The molecule has 3 unspecified atom stereocenters. The number of rotatable bonds is 6. The van der Waals surface area contributed by atoms with E-state index >= 15 is 0 Å². The highest BCUT2D eigenvalue weighted by molar-refractivity contribution is 9.12. The largest absolute Gasteiger partial charge is 0.416 e. The molecule has 1 aromatic rings.